The Labute approximate surface area is 362 Å². The van der Waals surface area contributed by atoms with Gasteiger partial charge in [-0.1, -0.05) is 85.2 Å². The summed E-state index contributed by atoms with van der Waals surface area (Å²) in [6.45, 7) is 14.1. The van der Waals surface area contributed by atoms with E-state index in [4.69, 9.17) is 24.1 Å². The number of esters is 1. The van der Waals surface area contributed by atoms with Crippen molar-refractivity contribution >= 4 is 41.8 Å². The van der Waals surface area contributed by atoms with Gasteiger partial charge in [0, 0.05) is 58.9 Å². The van der Waals surface area contributed by atoms with Crippen LogP contribution in [-0.4, -0.2) is 128 Å². The Morgan fingerprint density at radius 3 is 2.11 bits per heavy atom. The van der Waals surface area contributed by atoms with Crippen LogP contribution in [-0.2, 0) is 58.9 Å². The first-order valence-corrected chi connectivity index (χ1v) is 21.8. The predicted octanol–water partition coefficient (Wildman–Crippen LogP) is 5.11. The third kappa shape index (κ3) is 15.6. The average Bonchev–Trinajstić information content (AvgIpc) is 3.71. The van der Waals surface area contributed by atoms with Crippen molar-refractivity contribution in [1.29, 1.82) is 0 Å². The van der Waals surface area contributed by atoms with Crippen LogP contribution in [0.3, 0.4) is 0 Å². The van der Waals surface area contributed by atoms with E-state index >= 15 is 0 Å². The van der Waals surface area contributed by atoms with Crippen molar-refractivity contribution in [3.8, 4) is 0 Å². The van der Waals surface area contributed by atoms with E-state index in [0.717, 1.165) is 5.56 Å². The SMILES string of the molecule is CC[C@H](C)[C@@H]([C@@H](CC(=O)N1CCC[C@H]1[C@H](OC)[C@@H](C)C(=O)C[C@@H](Cc1ccccc1)C(=O)OC(CCC(=O)O)OC=O)OC)N(C)C(=O)[C@@H](CC(=O)[C@@H](NC)C(C)C)C(C)C. The molecule has 0 bridgehead atoms. The Kier molecular flexibility index (Phi) is 22.8. The van der Waals surface area contributed by atoms with Gasteiger partial charge in [0.2, 0.25) is 18.1 Å². The van der Waals surface area contributed by atoms with Crippen molar-refractivity contribution in [2.75, 3.05) is 34.9 Å². The molecule has 1 aromatic rings. The standard InChI is InChI=1S/C46H73N3O12/c1-12-30(6)43(48(9)45(56)34(28(2)3)25-37(52)42(47-8)29(4)5)38(58-10)26-39(53)49-22-16-19-35(49)44(59-11)31(7)36(51)24-33(23-32-17-14-13-15-18-32)46(57)61-41(60-27-50)21-20-40(54)55/h13-15,17-18,27-31,33-35,38,41-44,47H,12,16,19-26H2,1-11H3,(H,54,55)/t30-,31-,33+,34-,35-,38+,41?,42-,43-,44+/m0/s1. The van der Waals surface area contributed by atoms with Crippen molar-refractivity contribution in [3.05, 3.63) is 35.9 Å². The smallest absolute Gasteiger partial charge is 0.312 e. The lowest BCUT2D eigenvalue weighted by Gasteiger charge is -2.41. The summed E-state index contributed by atoms with van der Waals surface area (Å²) in [5.41, 5.74) is 0.761. The molecule has 2 rings (SSSR count). The van der Waals surface area contributed by atoms with Crippen molar-refractivity contribution in [2.24, 2.45) is 35.5 Å². The van der Waals surface area contributed by atoms with E-state index < -0.39 is 66.7 Å². The van der Waals surface area contributed by atoms with E-state index in [1.54, 1.807) is 43.0 Å². The molecule has 0 saturated carbocycles. The van der Waals surface area contributed by atoms with Crippen molar-refractivity contribution in [1.82, 2.24) is 15.1 Å². The highest BCUT2D eigenvalue weighted by atomic mass is 16.7. The number of benzene rings is 1. The second-order valence-corrected chi connectivity index (χ2v) is 17.2. The quantitative estimate of drug-likeness (QED) is 0.0614. The molecule has 61 heavy (non-hydrogen) atoms. The number of rotatable bonds is 29. The molecule has 1 unspecified atom stereocenters. The van der Waals surface area contributed by atoms with E-state index in [9.17, 15) is 33.6 Å². The van der Waals surface area contributed by atoms with Gasteiger partial charge in [0.15, 0.2) is 5.78 Å². The van der Waals surface area contributed by atoms with Gasteiger partial charge in [-0.2, -0.15) is 0 Å². The number of hydrogen-bond donors (Lipinski definition) is 2. The van der Waals surface area contributed by atoms with Gasteiger partial charge < -0.3 is 39.2 Å². The zero-order valence-corrected chi connectivity index (χ0v) is 38.3. The van der Waals surface area contributed by atoms with Gasteiger partial charge in [0.25, 0.3) is 6.47 Å². The zero-order chi connectivity index (χ0) is 46.0. The Balaban J connectivity index is 2.33. The summed E-state index contributed by atoms with van der Waals surface area (Å²) >= 11 is 0. The molecule has 1 fully saturated rings. The Bertz CT molecular complexity index is 1570. The monoisotopic (exact) mass is 860 g/mol. The van der Waals surface area contributed by atoms with Crippen LogP contribution in [0.15, 0.2) is 30.3 Å². The van der Waals surface area contributed by atoms with E-state index in [0.29, 0.717) is 25.8 Å². The van der Waals surface area contributed by atoms with Gasteiger partial charge in [0.05, 0.1) is 49.1 Å². The number of amides is 2. The number of ketones is 2. The highest BCUT2D eigenvalue weighted by Crippen LogP contribution is 2.32. The van der Waals surface area contributed by atoms with E-state index in [2.05, 4.69) is 5.32 Å². The van der Waals surface area contributed by atoms with E-state index in [1.807, 2.05) is 59.7 Å². The molecule has 2 N–H and O–H groups in total. The number of likely N-dealkylation sites (tertiary alicyclic amines) is 1. The summed E-state index contributed by atoms with van der Waals surface area (Å²) in [5.74, 6) is -5.10. The number of carbonyl (C=O) groups is 7. The number of nitrogens with one attached hydrogen (secondary N) is 1. The second kappa shape index (κ2) is 26.3. The van der Waals surface area contributed by atoms with Crippen LogP contribution < -0.4 is 5.32 Å². The van der Waals surface area contributed by atoms with Crippen LogP contribution in [0.4, 0.5) is 0 Å². The summed E-state index contributed by atoms with van der Waals surface area (Å²) in [5, 5.41) is 12.2. The van der Waals surface area contributed by atoms with Crippen LogP contribution in [0, 0.1) is 35.5 Å². The van der Waals surface area contributed by atoms with Crippen LogP contribution in [0.5, 0.6) is 0 Å². The average molecular weight is 860 g/mol. The van der Waals surface area contributed by atoms with Gasteiger partial charge >= 0.3 is 11.9 Å². The number of Topliss-reactive ketones (excluding diaryl/α,β-unsaturated/α-hetero) is 2. The molecule has 0 aliphatic carbocycles. The van der Waals surface area contributed by atoms with Crippen LogP contribution in [0.1, 0.15) is 105 Å². The number of aliphatic carboxylic acids is 1. The lowest BCUT2D eigenvalue weighted by atomic mass is 9.84. The highest BCUT2D eigenvalue weighted by Gasteiger charge is 2.43. The molecule has 0 radical (unpaired) electrons. The molecule has 1 aliphatic heterocycles. The maximum absolute atomic E-state index is 14.3. The highest BCUT2D eigenvalue weighted by molar-refractivity contribution is 5.90. The van der Waals surface area contributed by atoms with Crippen LogP contribution in [0.2, 0.25) is 0 Å². The number of nitrogens with zero attached hydrogens (tertiary/aromatic N) is 2. The molecule has 1 heterocycles. The minimum atomic E-state index is -1.44. The fourth-order valence-corrected chi connectivity index (χ4v) is 8.67. The first kappa shape index (κ1) is 52.9. The molecule has 2 amide bonds. The lowest BCUT2D eigenvalue weighted by molar-refractivity contribution is -0.186. The van der Waals surface area contributed by atoms with Gasteiger partial charge in [-0.25, -0.2) is 0 Å². The summed E-state index contributed by atoms with van der Waals surface area (Å²) < 4.78 is 22.3. The minimum Gasteiger partial charge on any atom is -0.481 e. The molecule has 1 aromatic carbocycles. The van der Waals surface area contributed by atoms with E-state index in [-0.39, 0.29) is 85.8 Å². The number of carbonyl (C=O) groups excluding carboxylic acids is 6. The molecule has 1 aliphatic rings. The molecule has 15 nitrogen and oxygen atoms in total. The second-order valence-electron chi connectivity index (χ2n) is 17.2. The summed E-state index contributed by atoms with van der Waals surface area (Å²) in [7, 11) is 6.50. The van der Waals surface area contributed by atoms with Crippen molar-refractivity contribution in [2.45, 2.75) is 143 Å². The number of carboxylic acids is 1. The predicted molar refractivity (Wildman–Crippen MR) is 229 cm³/mol. The first-order valence-electron chi connectivity index (χ1n) is 21.8. The van der Waals surface area contributed by atoms with Gasteiger partial charge in [-0.3, -0.25) is 33.6 Å². The molecule has 15 heteroatoms. The first-order chi connectivity index (χ1) is 28.9. The zero-order valence-electron chi connectivity index (χ0n) is 38.3. The molecule has 10 atom stereocenters. The molecule has 0 spiro atoms. The molecule has 1 saturated heterocycles. The van der Waals surface area contributed by atoms with Crippen LogP contribution >= 0.6 is 0 Å². The minimum absolute atomic E-state index is 0.0190. The van der Waals surface area contributed by atoms with Crippen molar-refractivity contribution in [3.63, 3.8) is 0 Å². The van der Waals surface area contributed by atoms with Crippen LogP contribution in [0.25, 0.3) is 0 Å². The largest absolute Gasteiger partial charge is 0.481 e. The summed E-state index contributed by atoms with van der Waals surface area (Å²) in [4.78, 5) is 95.3. The Hall–Kier alpha value is -4.21. The van der Waals surface area contributed by atoms with Crippen molar-refractivity contribution < 1.29 is 57.6 Å². The maximum atomic E-state index is 14.3. The number of methoxy groups -OCH3 is 2. The normalized spacial score (nSPS) is 18.6. The maximum Gasteiger partial charge on any atom is 0.312 e. The lowest BCUT2D eigenvalue weighted by Crippen LogP contribution is -2.54. The molecular weight excluding hydrogens is 787 g/mol. The van der Waals surface area contributed by atoms with Gasteiger partial charge in [0.1, 0.15) is 5.78 Å². The fraction of sp³-hybridized carbons (Fsp3) is 0.717. The fourth-order valence-electron chi connectivity index (χ4n) is 8.67. The number of likely N-dealkylation sites (N-methyl/N-ethyl adjacent to an activating group) is 2. The number of ether oxygens (including phenoxy) is 4. The molecular formula is C46H73N3O12. The third-order valence-electron chi connectivity index (χ3n) is 12.4. The number of hydrogen-bond acceptors (Lipinski definition) is 12. The topological polar surface area (TPSA) is 195 Å². The summed E-state index contributed by atoms with van der Waals surface area (Å²) in [6, 6.07) is 7.72. The summed E-state index contributed by atoms with van der Waals surface area (Å²) in [6.07, 6.45) is -1.60. The molecule has 0 aromatic heterocycles. The number of carboxylic acid groups (broad SMARTS) is 1. The molecule has 344 valence electrons. The third-order valence-corrected chi connectivity index (χ3v) is 12.4. The van der Waals surface area contributed by atoms with Gasteiger partial charge in [-0.15, -0.1) is 0 Å². The Morgan fingerprint density at radius 2 is 1.59 bits per heavy atom. The van der Waals surface area contributed by atoms with E-state index in [1.165, 1.54) is 14.2 Å². The Morgan fingerprint density at radius 1 is 0.934 bits per heavy atom. The van der Waals surface area contributed by atoms with Gasteiger partial charge in [-0.05, 0) is 49.6 Å².